The van der Waals surface area contributed by atoms with Crippen LogP contribution in [0, 0.1) is 12.8 Å². The van der Waals surface area contributed by atoms with Crippen LogP contribution in [0.2, 0.25) is 0 Å². The third-order valence-corrected chi connectivity index (χ3v) is 4.08. The van der Waals surface area contributed by atoms with E-state index >= 15 is 0 Å². The van der Waals surface area contributed by atoms with E-state index in [1.54, 1.807) is 0 Å². The van der Waals surface area contributed by atoms with Gasteiger partial charge in [0.15, 0.2) is 0 Å². The molecule has 3 rings (SSSR count). The number of nitrogens with one attached hydrogen (secondary N) is 1. The summed E-state index contributed by atoms with van der Waals surface area (Å²) in [6, 6.07) is 6.56. The molecular formula is C16H22N2O. The first-order valence-electron chi connectivity index (χ1n) is 7.28. The van der Waals surface area contributed by atoms with Crippen molar-refractivity contribution in [1.82, 2.24) is 4.90 Å². The summed E-state index contributed by atoms with van der Waals surface area (Å²) in [5, 5.41) is 3.14. The summed E-state index contributed by atoms with van der Waals surface area (Å²) >= 11 is 0. The van der Waals surface area contributed by atoms with E-state index in [1.807, 2.05) is 32.2 Å². The molecular weight excluding hydrogens is 236 g/mol. The van der Waals surface area contributed by atoms with Gasteiger partial charge in [0.05, 0.1) is 5.56 Å². The van der Waals surface area contributed by atoms with Crippen LogP contribution in [0.15, 0.2) is 18.2 Å². The third-order valence-electron chi connectivity index (χ3n) is 4.08. The van der Waals surface area contributed by atoms with Crippen molar-refractivity contribution >= 4 is 11.6 Å². The fourth-order valence-electron chi connectivity index (χ4n) is 2.57. The van der Waals surface area contributed by atoms with Gasteiger partial charge in [-0.1, -0.05) is 11.6 Å². The number of amides is 1. The Labute approximate surface area is 115 Å². The Morgan fingerprint density at radius 1 is 1.32 bits per heavy atom. The Bertz CT molecular complexity index is 490. The zero-order valence-electron chi connectivity index (χ0n) is 11.8. The topological polar surface area (TPSA) is 32.3 Å². The molecule has 0 unspecified atom stereocenters. The molecule has 0 aliphatic heterocycles. The molecule has 0 atom stereocenters. The van der Waals surface area contributed by atoms with Crippen LogP contribution in [-0.2, 0) is 0 Å². The van der Waals surface area contributed by atoms with Crippen LogP contribution >= 0.6 is 0 Å². The van der Waals surface area contributed by atoms with E-state index in [1.165, 1.54) is 25.7 Å². The van der Waals surface area contributed by atoms with Crippen LogP contribution in [0.25, 0.3) is 0 Å². The number of hydrogen-bond donors (Lipinski definition) is 1. The van der Waals surface area contributed by atoms with Crippen molar-refractivity contribution in [3.05, 3.63) is 29.3 Å². The van der Waals surface area contributed by atoms with Crippen LogP contribution in [0.4, 0.5) is 5.69 Å². The molecule has 102 valence electrons. The van der Waals surface area contributed by atoms with E-state index in [-0.39, 0.29) is 5.91 Å². The van der Waals surface area contributed by atoms with E-state index in [4.69, 9.17) is 0 Å². The molecule has 2 saturated carbocycles. The lowest BCUT2D eigenvalue weighted by atomic mass is 10.1. The largest absolute Gasteiger partial charge is 0.387 e. The molecule has 19 heavy (non-hydrogen) atoms. The Morgan fingerprint density at radius 3 is 2.63 bits per heavy atom. The van der Waals surface area contributed by atoms with Gasteiger partial charge in [0.25, 0.3) is 5.91 Å². The van der Waals surface area contributed by atoms with Gasteiger partial charge < -0.3 is 10.2 Å². The Hall–Kier alpha value is -1.51. The van der Waals surface area contributed by atoms with Crippen molar-refractivity contribution in [2.75, 3.05) is 18.9 Å². The summed E-state index contributed by atoms with van der Waals surface area (Å²) in [5.74, 6) is 0.967. The fraction of sp³-hybridized carbons (Fsp3) is 0.562. The lowest BCUT2D eigenvalue weighted by Crippen LogP contribution is -2.35. The molecule has 1 amide bonds. The summed E-state index contributed by atoms with van der Waals surface area (Å²) in [7, 11) is 1.88. The predicted octanol–water partition coefficient (Wildman–Crippen LogP) is 3.05. The zero-order valence-corrected chi connectivity index (χ0v) is 11.8. The van der Waals surface area contributed by atoms with Gasteiger partial charge in [0.2, 0.25) is 0 Å². The van der Waals surface area contributed by atoms with Crippen molar-refractivity contribution < 1.29 is 4.79 Å². The first kappa shape index (κ1) is 12.5. The molecule has 1 aromatic rings. The molecule has 0 aromatic heterocycles. The van der Waals surface area contributed by atoms with E-state index < -0.39 is 0 Å². The molecule has 0 radical (unpaired) electrons. The molecule has 2 aliphatic rings. The average Bonchev–Trinajstić information content (AvgIpc) is 3.27. The highest BCUT2D eigenvalue weighted by atomic mass is 16.2. The molecule has 2 fully saturated rings. The smallest absolute Gasteiger partial charge is 0.256 e. The standard InChI is InChI=1S/C16H22N2O/c1-11-3-8-15(17-2)14(9-11)16(19)18(13-6-7-13)10-12-4-5-12/h3,8-9,12-13,17H,4-7,10H2,1-2H3. The van der Waals surface area contributed by atoms with Gasteiger partial charge >= 0.3 is 0 Å². The number of hydrogen-bond acceptors (Lipinski definition) is 2. The summed E-state index contributed by atoms with van der Waals surface area (Å²) in [6.45, 7) is 3.00. The minimum Gasteiger partial charge on any atom is -0.387 e. The van der Waals surface area contributed by atoms with E-state index in [0.717, 1.165) is 29.3 Å². The quantitative estimate of drug-likeness (QED) is 0.880. The second-order valence-electron chi connectivity index (χ2n) is 5.93. The van der Waals surface area contributed by atoms with Gasteiger partial charge in [-0.2, -0.15) is 0 Å². The second kappa shape index (κ2) is 4.87. The van der Waals surface area contributed by atoms with Crippen LogP contribution in [0.3, 0.4) is 0 Å². The molecule has 3 heteroatoms. The van der Waals surface area contributed by atoms with E-state index in [2.05, 4.69) is 10.2 Å². The highest BCUT2D eigenvalue weighted by Gasteiger charge is 2.37. The van der Waals surface area contributed by atoms with Gasteiger partial charge in [0, 0.05) is 25.3 Å². The highest BCUT2D eigenvalue weighted by Crippen LogP contribution is 2.36. The van der Waals surface area contributed by atoms with Crippen molar-refractivity contribution in [3.63, 3.8) is 0 Å². The minimum absolute atomic E-state index is 0.211. The molecule has 0 saturated heterocycles. The summed E-state index contributed by atoms with van der Waals surface area (Å²) < 4.78 is 0. The maximum absolute atomic E-state index is 12.8. The maximum atomic E-state index is 12.8. The second-order valence-corrected chi connectivity index (χ2v) is 5.93. The van der Waals surface area contributed by atoms with Crippen LogP contribution in [0.5, 0.6) is 0 Å². The molecule has 1 aromatic carbocycles. The van der Waals surface area contributed by atoms with Gasteiger partial charge in [-0.05, 0) is 50.7 Å². The van der Waals surface area contributed by atoms with Gasteiger partial charge in [-0.25, -0.2) is 0 Å². The normalized spacial score (nSPS) is 18.2. The Morgan fingerprint density at radius 2 is 2.05 bits per heavy atom. The number of nitrogens with zero attached hydrogens (tertiary/aromatic N) is 1. The van der Waals surface area contributed by atoms with Crippen molar-refractivity contribution in [2.24, 2.45) is 5.92 Å². The number of carbonyl (C=O) groups excluding carboxylic acids is 1. The van der Waals surface area contributed by atoms with Gasteiger partial charge in [-0.3, -0.25) is 4.79 Å². The lowest BCUT2D eigenvalue weighted by molar-refractivity contribution is 0.0735. The SMILES string of the molecule is CNc1ccc(C)cc1C(=O)N(CC1CC1)C1CC1. The highest BCUT2D eigenvalue weighted by molar-refractivity contribution is 6.00. The first-order chi connectivity index (χ1) is 9.19. The predicted molar refractivity (Wildman–Crippen MR) is 77.5 cm³/mol. The van der Waals surface area contributed by atoms with Gasteiger partial charge in [-0.15, -0.1) is 0 Å². The summed E-state index contributed by atoms with van der Waals surface area (Å²) in [5.41, 5.74) is 2.91. The first-order valence-corrected chi connectivity index (χ1v) is 7.28. The van der Waals surface area contributed by atoms with E-state index in [9.17, 15) is 4.79 Å². The number of rotatable bonds is 5. The van der Waals surface area contributed by atoms with Gasteiger partial charge in [0.1, 0.15) is 0 Å². The fourth-order valence-corrected chi connectivity index (χ4v) is 2.57. The number of aryl methyl sites for hydroxylation is 1. The van der Waals surface area contributed by atoms with Crippen LogP contribution in [-0.4, -0.2) is 30.4 Å². The van der Waals surface area contributed by atoms with E-state index in [0.29, 0.717) is 6.04 Å². The summed E-state index contributed by atoms with van der Waals surface area (Å²) in [6.07, 6.45) is 4.95. The zero-order chi connectivity index (χ0) is 13.4. The molecule has 2 aliphatic carbocycles. The lowest BCUT2D eigenvalue weighted by Gasteiger charge is -2.24. The molecule has 0 heterocycles. The van der Waals surface area contributed by atoms with Crippen molar-refractivity contribution in [3.8, 4) is 0 Å². The Balaban J connectivity index is 1.85. The molecule has 0 spiro atoms. The summed E-state index contributed by atoms with van der Waals surface area (Å²) in [4.78, 5) is 14.9. The minimum atomic E-state index is 0.211. The van der Waals surface area contributed by atoms with Crippen LogP contribution < -0.4 is 5.32 Å². The Kier molecular flexibility index (Phi) is 3.21. The number of anilines is 1. The number of benzene rings is 1. The van der Waals surface area contributed by atoms with Crippen molar-refractivity contribution in [1.29, 1.82) is 0 Å². The maximum Gasteiger partial charge on any atom is 0.256 e. The van der Waals surface area contributed by atoms with Crippen LogP contribution in [0.1, 0.15) is 41.6 Å². The third kappa shape index (κ3) is 2.75. The molecule has 1 N–H and O–H groups in total. The molecule has 0 bridgehead atoms. The van der Waals surface area contributed by atoms with Crippen molar-refractivity contribution in [2.45, 2.75) is 38.6 Å². The monoisotopic (exact) mass is 258 g/mol. The average molecular weight is 258 g/mol. The molecule has 3 nitrogen and oxygen atoms in total. The number of carbonyl (C=O) groups is 1.